The van der Waals surface area contributed by atoms with Crippen molar-refractivity contribution in [2.45, 2.75) is 25.2 Å². The SMILES string of the molecule is O=C(c1cncnc1C1CC1)N1CCc2ncccc21. The van der Waals surface area contributed by atoms with E-state index in [9.17, 15) is 4.79 Å². The molecule has 2 aromatic rings. The molecule has 3 heterocycles. The number of rotatable bonds is 2. The van der Waals surface area contributed by atoms with Gasteiger partial charge in [0.1, 0.15) is 6.33 Å². The Morgan fingerprint density at radius 3 is 3.05 bits per heavy atom. The molecular weight excluding hydrogens is 252 g/mol. The van der Waals surface area contributed by atoms with Crippen LogP contribution in [-0.4, -0.2) is 27.4 Å². The number of nitrogens with zero attached hydrogens (tertiary/aromatic N) is 4. The van der Waals surface area contributed by atoms with Crippen LogP contribution in [-0.2, 0) is 6.42 Å². The number of amides is 1. The third kappa shape index (κ3) is 1.78. The molecule has 0 radical (unpaired) electrons. The molecule has 0 bridgehead atoms. The van der Waals surface area contributed by atoms with Crippen molar-refractivity contribution < 1.29 is 4.79 Å². The second-order valence-electron chi connectivity index (χ2n) is 5.27. The molecule has 0 saturated heterocycles. The molecule has 5 nitrogen and oxygen atoms in total. The number of fused-ring (bicyclic) bond motifs is 1. The lowest BCUT2D eigenvalue weighted by molar-refractivity contribution is 0.0987. The molecule has 1 saturated carbocycles. The standard InChI is InChI=1S/C15H14N4O/c20-15(11-8-16-9-18-14(11)10-3-4-10)19-7-5-12-13(19)2-1-6-17-12/h1-2,6,8-10H,3-5,7H2. The van der Waals surface area contributed by atoms with E-state index in [2.05, 4.69) is 15.0 Å². The summed E-state index contributed by atoms with van der Waals surface area (Å²) in [6.45, 7) is 0.685. The molecule has 20 heavy (non-hydrogen) atoms. The van der Waals surface area contributed by atoms with E-state index in [0.717, 1.165) is 36.3 Å². The van der Waals surface area contributed by atoms with Crippen molar-refractivity contribution >= 4 is 11.6 Å². The fourth-order valence-corrected chi connectivity index (χ4v) is 2.75. The molecule has 2 aromatic heterocycles. The Balaban J connectivity index is 1.72. The Morgan fingerprint density at radius 1 is 1.30 bits per heavy atom. The van der Waals surface area contributed by atoms with Crippen molar-refractivity contribution in [2.75, 3.05) is 11.4 Å². The van der Waals surface area contributed by atoms with Crippen LogP contribution < -0.4 is 4.90 Å². The fraction of sp³-hybridized carbons (Fsp3) is 0.333. The van der Waals surface area contributed by atoms with E-state index in [1.54, 1.807) is 17.3 Å². The minimum absolute atomic E-state index is 0.000694. The van der Waals surface area contributed by atoms with Gasteiger partial charge >= 0.3 is 0 Å². The van der Waals surface area contributed by atoms with Gasteiger partial charge in [0.2, 0.25) is 0 Å². The Labute approximate surface area is 116 Å². The lowest BCUT2D eigenvalue weighted by atomic mass is 10.1. The Kier molecular flexibility index (Phi) is 2.52. The fourth-order valence-electron chi connectivity index (χ4n) is 2.75. The first-order valence-corrected chi connectivity index (χ1v) is 6.90. The van der Waals surface area contributed by atoms with Gasteiger partial charge in [0.25, 0.3) is 5.91 Å². The van der Waals surface area contributed by atoms with Crippen LogP contribution in [0.15, 0.2) is 30.9 Å². The van der Waals surface area contributed by atoms with E-state index in [1.807, 2.05) is 12.1 Å². The number of hydrogen-bond donors (Lipinski definition) is 0. The van der Waals surface area contributed by atoms with E-state index < -0.39 is 0 Å². The summed E-state index contributed by atoms with van der Waals surface area (Å²) in [5.41, 5.74) is 3.46. The van der Waals surface area contributed by atoms with Crippen LogP contribution in [0.2, 0.25) is 0 Å². The number of hydrogen-bond acceptors (Lipinski definition) is 4. The van der Waals surface area contributed by atoms with E-state index in [0.29, 0.717) is 18.0 Å². The lowest BCUT2D eigenvalue weighted by Gasteiger charge is -2.18. The molecule has 1 fully saturated rings. The minimum Gasteiger partial charge on any atom is -0.306 e. The Morgan fingerprint density at radius 2 is 2.20 bits per heavy atom. The second kappa shape index (κ2) is 4.37. The van der Waals surface area contributed by atoms with E-state index in [-0.39, 0.29) is 5.91 Å². The maximum Gasteiger partial charge on any atom is 0.261 e. The molecule has 100 valence electrons. The summed E-state index contributed by atoms with van der Waals surface area (Å²) < 4.78 is 0. The molecule has 0 unspecified atom stereocenters. The predicted molar refractivity (Wildman–Crippen MR) is 73.6 cm³/mol. The highest BCUT2D eigenvalue weighted by Crippen LogP contribution is 2.41. The van der Waals surface area contributed by atoms with Crippen LogP contribution in [0, 0.1) is 0 Å². The van der Waals surface area contributed by atoms with Gasteiger partial charge in [-0.2, -0.15) is 0 Å². The largest absolute Gasteiger partial charge is 0.306 e. The zero-order chi connectivity index (χ0) is 13.5. The minimum atomic E-state index is -0.000694. The van der Waals surface area contributed by atoms with Gasteiger partial charge in [0, 0.05) is 31.3 Å². The summed E-state index contributed by atoms with van der Waals surface area (Å²) in [7, 11) is 0. The average Bonchev–Trinajstić information content (AvgIpc) is 3.26. The first kappa shape index (κ1) is 11.5. The first-order chi connectivity index (χ1) is 9.84. The summed E-state index contributed by atoms with van der Waals surface area (Å²) in [5.74, 6) is 0.437. The van der Waals surface area contributed by atoms with Crippen LogP contribution in [0.3, 0.4) is 0 Å². The van der Waals surface area contributed by atoms with E-state index >= 15 is 0 Å². The van der Waals surface area contributed by atoms with Gasteiger partial charge in [-0.15, -0.1) is 0 Å². The monoisotopic (exact) mass is 266 g/mol. The topological polar surface area (TPSA) is 59.0 Å². The summed E-state index contributed by atoms with van der Waals surface area (Å²) in [5, 5.41) is 0. The van der Waals surface area contributed by atoms with Crippen LogP contribution in [0.4, 0.5) is 5.69 Å². The van der Waals surface area contributed by atoms with Gasteiger partial charge in [-0.1, -0.05) is 0 Å². The van der Waals surface area contributed by atoms with Crippen molar-refractivity contribution in [3.8, 4) is 0 Å². The highest BCUT2D eigenvalue weighted by atomic mass is 16.2. The van der Waals surface area contributed by atoms with Crippen LogP contribution in [0.5, 0.6) is 0 Å². The van der Waals surface area contributed by atoms with E-state index in [4.69, 9.17) is 0 Å². The number of anilines is 1. The van der Waals surface area contributed by atoms with Crippen LogP contribution in [0.1, 0.15) is 40.5 Å². The van der Waals surface area contributed by atoms with Gasteiger partial charge < -0.3 is 4.90 Å². The molecule has 0 atom stereocenters. The first-order valence-electron chi connectivity index (χ1n) is 6.90. The highest BCUT2D eigenvalue weighted by Gasteiger charge is 2.33. The van der Waals surface area contributed by atoms with Gasteiger partial charge in [-0.3, -0.25) is 9.78 Å². The molecule has 0 spiro atoms. The summed E-state index contributed by atoms with van der Waals surface area (Å²) in [4.78, 5) is 27.3. The number of pyridine rings is 1. The zero-order valence-electron chi connectivity index (χ0n) is 11.0. The third-order valence-electron chi connectivity index (χ3n) is 3.91. The van der Waals surface area contributed by atoms with Gasteiger partial charge in [-0.25, -0.2) is 9.97 Å². The molecular formula is C15H14N4O. The summed E-state index contributed by atoms with van der Waals surface area (Å²) in [6.07, 6.45) is 8.01. The van der Waals surface area contributed by atoms with Crippen LogP contribution in [0.25, 0.3) is 0 Å². The van der Waals surface area contributed by atoms with Gasteiger partial charge in [0.05, 0.1) is 22.6 Å². The maximum absolute atomic E-state index is 12.8. The normalized spacial score (nSPS) is 17.1. The number of carbonyl (C=O) groups is 1. The lowest BCUT2D eigenvalue weighted by Crippen LogP contribution is -2.30. The zero-order valence-corrected chi connectivity index (χ0v) is 11.0. The van der Waals surface area contributed by atoms with E-state index in [1.165, 1.54) is 6.33 Å². The van der Waals surface area contributed by atoms with Gasteiger partial charge in [0.15, 0.2) is 0 Å². The summed E-state index contributed by atoms with van der Waals surface area (Å²) in [6, 6.07) is 3.82. The molecule has 2 aliphatic rings. The maximum atomic E-state index is 12.8. The number of aromatic nitrogens is 3. The molecule has 0 aromatic carbocycles. The highest BCUT2D eigenvalue weighted by molar-refractivity contribution is 6.07. The Bertz CT molecular complexity index is 681. The molecule has 1 aliphatic carbocycles. The number of carbonyl (C=O) groups excluding carboxylic acids is 1. The van der Waals surface area contributed by atoms with Crippen molar-refractivity contribution in [2.24, 2.45) is 0 Å². The molecule has 1 amide bonds. The molecule has 5 heteroatoms. The van der Waals surface area contributed by atoms with Crippen molar-refractivity contribution in [3.63, 3.8) is 0 Å². The van der Waals surface area contributed by atoms with Crippen molar-refractivity contribution in [3.05, 3.63) is 47.8 Å². The Hall–Kier alpha value is -2.30. The quantitative estimate of drug-likeness (QED) is 0.833. The second-order valence-corrected chi connectivity index (χ2v) is 5.27. The smallest absolute Gasteiger partial charge is 0.261 e. The predicted octanol–water partition coefficient (Wildman–Crippen LogP) is 1.95. The summed E-state index contributed by atoms with van der Waals surface area (Å²) >= 11 is 0. The third-order valence-corrected chi connectivity index (χ3v) is 3.91. The van der Waals surface area contributed by atoms with Gasteiger partial charge in [-0.05, 0) is 25.0 Å². The molecule has 4 rings (SSSR count). The van der Waals surface area contributed by atoms with Crippen molar-refractivity contribution in [1.29, 1.82) is 0 Å². The van der Waals surface area contributed by atoms with Crippen molar-refractivity contribution in [1.82, 2.24) is 15.0 Å². The molecule has 0 N–H and O–H groups in total. The average molecular weight is 266 g/mol. The van der Waals surface area contributed by atoms with Crippen LogP contribution >= 0.6 is 0 Å². The molecule has 1 aliphatic heterocycles.